The largest absolute Gasteiger partial charge is 0.463 e. The summed E-state index contributed by atoms with van der Waals surface area (Å²) in [5.74, 6) is 0.177. The predicted octanol–water partition coefficient (Wildman–Crippen LogP) is 4.50. The highest BCUT2D eigenvalue weighted by Crippen LogP contribution is 2.33. The van der Waals surface area contributed by atoms with Crippen molar-refractivity contribution in [2.75, 3.05) is 0 Å². The number of aromatic nitrogens is 2. The summed E-state index contributed by atoms with van der Waals surface area (Å²) in [6.07, 6.45) is -3.34. The molecule has 0 aliphatic carbocycles. The van der Waals surface area contributed by atoms with Crippen molar-refractivity contribution >= 4 is 27.4 Å². The first-order chi connectivity index (χ1) is 16.1. The third-order valence-electron chi connectivity index (χ3n) is 4.69. The van der Waals surface area contributed by atoms with Crippen LogP contribution in [0.3, 0.4) is 0 Å². The zero-order valence-corrected chi connectivity index (χ0v) is 18.9. The Balaban J connectivity index is 1.54. The van der Waals surface area contributed by atoms with E-state index in [1.807, 2.05) is 30.3 Å². The van der Waals surface area contributed by atoms with E-state index in [-0.39, 0.29) is 27.1 Å². The highest BCUT2D eigenvalue weighted by Gasteiger charge is 2.35. The number of hydrogen-bond acceptors (Lipinski definition) is 5. The van der Waals surface area contributed by atoms with Crippen molar-refractivity contribution in [2.24, 2.45) is 0 Å². The van der Waals surface area contributed by atoms with Crippen molar-refractivity contribution in [3.8, 4) is 17.1 Å². The molecule has 0 atom stereocenters. The van der Waals surface area contributed by atoms with Gasteiger partial charge in [0.2, 0.25) is 0 Å². The molecule has 0 saturated heterocycles. The number of benzene rings is 2. The van der Waals surface area contributed by atoms with E-state index in [4.69, 9.17) is 16.6 Å². The molecular weight excluding hydrogens is 489 g/mol. The van der Waals surface area contributed by atoms with Gasteiger partial charge in [-0.1, -0.05) is 30.3 Å². The summed E-state index contributed by atoms with van der Waals surface area (Å²) in [4.78, 5) is -0.122. The zero-order valence-electron chi connectivity index (χ0n) is 17.3. The smallest absolute Gasteiger partial charge is 0.435 e. The van der Waals surface area contributed by atoms with Crippen LogP contribution in [0.15, 0.2) is 88.4 Å². The van der Waals surface area contributed by atoms with Crippen LogP contribution in [0.1, 0.15) is 11.3 Å². The van der Waals surface area contributed by atoms with Gasteiger partial charge < -0.3 is 9.73 Å². The van der Waals surface area contributed by atoms with Gasteiger partial charge in [0, 0.05) is 12.6 Å². The summed E-state index contributed by atoms with van der Waals surface area (Å²) < 4.78 is 73.6. The van der Waals surface area contributed by atoms with Gasteiger partial charge in [0.15, 0.2) is 16.6 Å². The molecule has 0 bridgehead atoms. The fourth-order valence-electron chi connectivity index (χ4n) is 3.08. The van der Waals surface area contributed by atoms with Gasteiger partial charge in [0.05, 0.1) is 16.8 Å². The fraction of sp³-hybridized carbons (Fsp3) is 0.0909. The third-order valence-corrected chi connectivity index (χ3v) is 6.43. The van der Waals surface area contributed by atoms with E-state index in [9.17, 15) is 21.6 Å². The lowest BCUT2D eigenvalue weighted by molar-refractivity contribution is -0.141. The van der Waals surface area contributed by atoms with Gasteiger partial charge in [-0.3, -0.25) is 4.72 Å². The van der Waals surface area contributed by atoms with E-state index in [0.29, 0.717) is 6.54 Å². The van der Waals surface area contributed by atoms with E-state index >= 15 is 0 Å². The fourth-order valence-corrected chi connectivity index (χ4v) is 4.41. The molecule has 0 aliphatic rings. The first-order valence-electron chi connectivity index (χ1n) is 9.80. The topological polar surface area (TPSA) is 89.2 Å². The maximum Gasteiger partial charge on any atom is 0.435 e. The summed E-state index contributed by atoms with van der Waals surface area (Å²) in [7, 11) is -4.02. The Morgan fingerprint density at radius 2 is 1.74 bits per heavy atom. The van der Waals surface area contributed by atoms with Crippen LogP contribution in [-0.4, -0.2) is 23.3 Å². The Morgan fingerprint density at radius 1 is 1.03 bits per heavy atom. The molecule has 176 valence electrons. The lowest BCUT2D eigenvalue weighted by Gasteiger charge is -2.12. The Morgan fingerprint density at radius 3 is 2.35 bits per heavy atom. The molecule has 2 aromatic carbocycles. The lowest BCUT2D eigenvalue weighted by Crippen LogP contribution is -2.38. The van der Waals surface area contributed by atoms with Crippen molar-refractivity contribution < 1.29 is 26.0 Å². The molecule has 0 spiro atoms. The first kappa shape index (κ1) is 23.5. The molecule has 0 amide bonds. The average molecular weight is 507 g/mol. The zero-order chi connectivity index (χ0) is 24.3. The Labute approximate surface area is 198 Å². The van der Waals surface area contributed by atoms with E-state index in [1.54, 1.807) is 0 Å². The molecule has 0 fully saturated rings. The summed E-state index contributed by atoms with van der Waals surface area (Å²) in [6, 6.07) is 18.4. The molecule has 2 aromatic heterocycles. The molecule has 0 saturated carbocycles. The van der Waals surface area contributed by atoms with Crippen molar-refractivity contribution in [2.45, 2.75) is 17.6 Å². The molecule has 0 radical (unpaired) electrons. The number of rotatable bonds is 6. The summed E-state index contributed by atoms with van der Waals surface area (Å²) >= 11 is 5.07. The van der Waals surface area contributed by atoms with Gasteiger partial charge in [0.25, 0.3) is 10.0 Å². The Hall–Kier alpha value is -3.64. The maximum absolute atomic E-state index is 13.2. The number of sulfonamides is 1. The molecule has 34 heavy (non-hydrogen) atoms. The maximum atomic E-state index is 13.2. The van der Waals surface area contributed by atoms with Gasteiger partial charge in [-0.25, -0.2) is 13.1 Å². The number of nitrogens with zero attached hydrogens (tertiary/aromatic N) is 2. The van der Waals surface area contributed by atoms with E-state index in [2.05, 4.69) is 15.1 Å². The van der Waals surface area contributed by atoms with Crippen molar-refractivity contribution in [1.29, 1.82) is 0 Å². The minimum atomic E-state index is -4.66. The number of alkyl halides is 3. The van der Waals surface area contributed by atoms with Crippen LogP contribution < -0.4 is 10.0 Å². The van der Waals surface area contributed by atoms with Crippen LogP contribution in [0.2, 0.25) is 0 Å². The third kappa shape index (κ3) is 5.29. The predicted molar refractivity (Wildman–Crippen MR) is 122 cm³/mol. The molecule has 7 nitrogen and oxygen atoms in total. The monoisotopic (exact) mass is 506 g/mol. The second kappa shape index (κ2) is 9.31. The summed E-state index contributed by atoms with van der Waals surface area (Å²) in [5, 5.41) is 6.36. The Kier molecular flexibility index (Phi) is 6.44. The van der Waals surface area contributed by atoms with Gasteiger partial charge >= 0.3 is 6.18 Å². The highest BCUT2D eigenvalue weighted by molar-refractivity contribution is 7.91. The molecule has 0 aliphatic heterocycles. The molecule has 2 N–H and O–H groups in total. The molecule has 0 unspecified atom stereocenters. The second-order valence-electron chi connectivity index (χ2n) is 7.07. The number of halogens is 3. The van der Waals surface area contributed by atoms with Crippen LogP contribution in [0, 0.1) is 0 Å². The number of furan rings is 1. The average Bonchev–Trinajstić information content (AvgIpc) is 3.48. The second-order valence-corrected chi connectivity index (χ2v) is 9.16. The van der Waals surface area contributed by atoms with Crippen LogP contribution in [-0.2, 0) is 22.7 Å². The first-order valence-corrected chi connectivity index (χ1v) is 11.7. The van der Waals surface area contributed by atoms with Crippen molar-refractivity contribution in [3.63, 3.8) is 0 Å². The van der Waals surface area contributed by atoms with E-state index < -0.39 is 21.9 Å². The van der Waals surface area contributed by atoms with Crippen LogP contribution in [0.5, 0.6) is 0 Å². The number of hydrogen-bond donors (Lipinski definition) is 2. The summed E-state index contributed by atoms with van der Waals surface area (Å²) in [6.45, 7) is 0.331. The summed E-state index contributed by atoms with van der Waals surface area (Å²) in [5.41, 5.74) is 0.0910. The SMILES string of the molecule is O=S(=O)(NC(=S)NCc1ccccc1)c1ccc(-n2nc(C(F)(F)F)cc2-c2ccco2)cc1. The molecular formula is C22H17F3N4O3S2. The van der Waals surface area contributed by atoms with Gasteiger partial charge in [0.1, 0.15) is 5.69 Å². The van der Waals surface area contributed by atoms with Crippen molar-refractivity contribution in [3.05, 3.63) is 90.3 Å². The van der Waals surface area contributed by atoms with E-state index in [0.717, 1.165) is 16.3 Å². The molecule has 2 heterocycles. The minimum absolute atomic E-state index is 0.0670. The minimum Gasteiger partial charge on any atom is -0.463 e. The standard InChI is InChI=1S/C22H17F3N4O3S2/c23-22(24,25)20-13-18(19-7-4-12-32-19)29(27-20)16-8-10-17(11-9-16)34(30,31)28-21(33)26-14-15-5-2-1-3-6-15/h1-13H,14H2,(H2,26,28,33). The quantitative estimate of drug-likeness (QED) is 0.374. The highest BCUT2D eigenvalue weighted by atomic mass is 32.2. The normalized spacial score (nSPS) is 11.9. The van der Waals surface area contributed by atoms with Crippen LogP contribution >= 0.6 is 12.2 Å². The lowest BCUT2D eigenvalue weighted by atomic mass is 10.2. The molecule has 12 heteroatoms. The van der Waals surface area contributed by atoms with E-state index in [1.165, 1.54) is 42.7 Å². The Bertz CT molecular complexity index is 1380. The number of thiocarbonyl (C=S) groups is 1. The molecule has 4 aromatic rings. The van der Waals surface area contributed by atoms with Gasteiger partial charge in [-0.2, -0.15) is 18.3 Å². The van der Waals surface area contributed by atoms with Crippen LogP contribution in [0.25, 0.3) is 17.1 Å². The molecule has 4 rings (SSSR count). The van der Waals surface area contributed by atoms with Crippen molar-refractivity contribution in [1.82, 2.24) is 19.8 Å². The van der Waals surface area contributed by atoms with Gasteiger partial charge in [-0.15, -0.1) is 0 Å². The number of nitrogens with one attached hydrogen (secondary N) is 2. The van der Waals surface area contributed by atoms with Crippen LogP contribution in [0.4, 0.5) is 13.2 Å². The van der Waals surface area contributed by atoms with Gasteiger partial charge in [-0.05, 0) is 54.2 Å².